The van der Waals surface area contributed by atoms with Gasteiger partial charge in [0.2, 0.25) is 0 Å². The van der Waals surface area contributed by atoms with Crippen molar-refractivity contribution in [3.05, 3.63) is 52.9 Å². The van der Waals surface area contributed by atoms with Gasteiger partial charge in [-0.2, -0.15) is 0 Å². The van der Waals surface area contributed by atoms with Crippen LogP contribution in [0.25, 0.3) is 11.3 Å². The minimum atomic E-state index is -0.243. The van der Waals surface area contributed by atoms with Gasteiger partial charge in [-0.05, 0) is 55.8 Å². The van der Waals surface area contributed by atoms with Crippen molar-refractivity contribution in [2.24, 2.45) is 0 Å². The number of aryl methyl sites for hydroxylation is 1. The topological polar surface area (TPSA) is 69.7 Å². The Kier molecular flexibility index (Phi) is 8.50. The molecule has 0 saturated carbocycles. The van der Waals surface area contributed by atoms with Crippen molar-refractivity contribution in [3.63, 3.8) is 0 Å². The number of ether oxygens (including phenoxy) is 3. The SMILES string of the molecule is CCCCCCOc1ccc(C(=O)Nc2nc(-c3ccc(OC)cc3)c(C)s2)cc1OC. The number of amides is 1. The van der Waals surface area contributed by atoms with Crippen LogP contribution in [0, 0.1) is 6.92 Å². The first-order valence-electron chi connectivity index (χ1n) is 10.8. The fraction of sp³-hybridized carbons (Fsp3) is 0.360. The number of carbonyl (C=O) groups excluding carboxylic acids is 1. The summed E-state index contributed by atoms with van der Waals surface area (Å²) in [5, 5.41) is 3.45. The Balaban J connectivity index is 1.67. The van der Waals surface area contributed by atoms with Gasteiger partial charge >= 0.3 is 0 Å². The first-order chi connectivity index (χ1) is 15.5. The van der Waals surface area contributed by atoms with Crippen molar-refractivity contribution < 1.29 is 19.0 Å². The van der Waals surface area contributed by atoms with Crippen LogP contribution in [-0.4, -0.2) is 31.7 Å². The molecule has 6 nitrogen and oxygen atoms in total. The summed E-state index contributed by atoms with van der Waals surface area (Å²) >= 11 is 1.44. The van der Waals surface area contributed by atoms with Crippen molar-refractivity contribution >= 4 is 22.4 Å². The summed E-state index contributed by atoms with van der Waals surface area (Å²) in [6.07, 6.45) is 4.54. The molecule has 0 aliphatic carbocycles. The quantitative estimate of drug-likeness (QED) is 0.342. The maximum absolute atomic E-state index is 12.8. The minimum absolute atomic E-state index is 0.243. The second kappa shape index (κ2) is 11.5. The van der Waals surface area contributed by atoms with Gasteiger partial charge in [0.25, 0.3) is 5.91 Å². The largest absolute Gasteiger partial charge is 0.497 e. The van der Waals surface area contributed by atoms with Crippen LogP contribution in [0.3, 0.4) is 0 Å². The number of aromatic nitrogens is 1. The predicted octanol–water partition coefficient (Wildman–Crippen LogP) is 6.35. The van der Waals surface area contributed by atoms with Gasteiger partial charge in [-0.25, -0.2) is 4.98 Å². The van der Waals surface area contributed by atoms with E-state index in [2.05, 4.69) is 17.2 Å². The van der Waals surface area contributed by atoms with Gasteiger partial charge in [-0.1, -0.05) is 26.2 Å². The van der Waals surface area contributed by atoms with Crippen molar-refractivity contribution in [1.29, 1.82) is 0 Å². The predicted molar refractivity (Wildman–Crippen MR) is 129 cm³/mol. The molecule has 1 heterocycles. The maximum atomic E-state index is 12.8. The molecule has 0 bridgehead atoms. The summed E-state index contributed by atoms with van der Waals surface area (Å²) < 4.78 is 16.5. The number of anilines is 1. The van der Waals surface area contributed by atoms with Crippen LogP contribution in [0.1, 0.15) is 47.8 Å². The number of hydrogen-bond acceptors (Lipinski definition) is 6. The Morgan fingerprint density at radius 2 is 1.78 bits per heavy atom. The Hall–Kier alpha value is -3.06. The number of thiazole rings is 1. The highest BCUT2D eigenvalue weighted by Gasteiger charge is 2.15. The third kappa shape index (κ3) is 6.01. The number of hydrogen-bond donors (Lipinski definition) is 1. The molecule has 170 valence electrons. The second-order valence-corrected chi connectivity index (χ2v) is 8.58. The highest BCUT2D eigenvalue weighted by atomic mass is 32.1. The van der Waals surface area contributed by atoms with Crippen molar-refractivity contribution in [2.45, 2.75) is 39.5 Å². The number of nitrogens with one attached hydrogen (secondary N) is 1. The molecule has 7 heteroatoms. The van der Waals surface area contributed by atoms with Crippen LogP contribution >= 0.6 is 11.3 Å². The van der Waals surface area contributed by atoms with E-state index in [9.17, 15) is 4.79 Å². The average molecular weight is 455 g/mol. The van der Waals surface area contributed by atoms with E-state index in [0.29, 0.717) is 28.8 Å². The minimum Gasteiger partial charge on any atom is -0.497 e. The van der Waals surface area contributed by atoms with Crippen LogP contribution < -0.4 is 19.5 Å². The summed E-state index contributed by atoms with van der Waals surface area (Å²) in [5.41, 5.74) is 2.30. The Morgan fingerprint density at radius 3 is 2.47 bits per heavy atom. The van der Waals surface area contributed by atoms with Crippen molar-refractivity contribution in [3.8, 4) is 28.5 Å². The van der Waals surface area contributed by atoms with Gasteiger partial charge in [-0.15, -0.1) is 11.3 Å². The Labute approximate surface area is 193 Å². The molecule has 0 aliphatic heterocycles. The molecule has 1 aromatic heterocycles. The van der Waals surface area contributed by atoms with Gasteiger partial charge < -0.3 is 14.2 Å². The number of unbranched alkanes of at least 4 members (excludes halogenated alkanes) is 3. The van der Waals surface area contributed by atoms with E-state index >= 15 is 0 Å². The molecule has 0 radical (unpaired) electrons. The van der Waals surface area contributed by atoms with E-state index < -0.39 is 0 Å². The zero-order chi connectivity index (χ0) is 22.9. The smallest absolute Gasteiger partial charge is 0.257 e. The van der Waals surface area contributed by atoms with E-state index in [1.165, 1.54) is 24.2 Å². The summed E-state index contributed by atoms with van der Waals surface area (Å²) in [5.74, 6) is 1.74. The third-order valence-electron chi connectivity index (χ3n) is 5.06. The summed E-state index contributed by atoms with van der Waals surface area (Å²) in [6.45, 7) is 4.80. The first kappa shape index (κ1) is 23.6. The standard InChI is InChI=1S/C25H30N2O4S/c1-5-6-7-8-15-31-21-14-11-19(16-22(21)30-4)24(28)27-25-26-23(17(2)32-25)18-9-12-20(29-3)13-10-18/h9-14,16H,5-8,15H2,1-4H3,(H,26,27,28). The van der Waals surface area contributed by atoms with Crippen LogP contribution in [0.15, 0.2) is 42.5 Å². The van der Waals surface area contributed by atoms with E-state index in [0.717, 1.165) is 34.7 Å². The van der Waals surface area contributed by atoms with Crippen LogP contribution in [0.5, 0.6) is 17.2 Å². The summed E-state index contributed by atoms with van der Waals surface area (Å²) in [6, 6.07) is 12.9. The van der Waals surface area contributed by atoms with Gasteiger partial charge in [0, 0.05) is 16.0 Å². The molecule has 0 unspecified atom stereocenters. The van der Waals surface area contributed by atoms with Gasteiger partial charge in [0.05, 0.1) is 26.5 Å². The van der Waals surface area contributed by atoms with Crippen LogP contribution in [-0.2, 0) is 0 Å². The molecular formula is C25H30N2O4S. The van der Waals surface area contributed by atoms with Gasteiger partial charge in [0.1, 0.15) is 5.75 Å². The Morgan fingerprint density at radius 1 is 1.00 bits per heavy atom. The number of nitrogens with zero attached hydrogens (tertiary/aromatic N) is 1. The number of methoxy groups -OCH3 is 2. The zero-order valence-electron chi connectivity index (χ0n) is 19.1. The molecular weight excluding hydrogens is 424 g/mol. The fourth-order valence-corrected chi connectivity index (χ4v) is 4.11. The monoisotopic (exact) mass is 454 g/mol. The molecule has 0 spiro atoms. The van der Waals surface area contributed by atoms with Gasteiger partial charge in [0.15, 0.2) is 16.6 Å². The molecule has 3 aromatic rings. The first-order valence-corrected chi connectivity index (χ1v) is 11.6. The van der Waals surface area contributed by atoms with Crippen molar-refractivity contribution in [2.75, 3.05) is 26.1 Å². The van der Waals surface area contributed by atoms with E-state index in [1.807, 2.05) is 31.2 Å². The molecule has 0 fully saturated rings. The number of rotatable bonds is 11. The van der Waals surface area contributed by atoms with Crippen molar-refractivity contribution in [1.82, 2.24) is 4.98 Å². The molecule has 1 amide bonds. The molecule has 3 rings (SSSR count). The van der Waals surface area contributed by atoms with Crippen LogP contribution in [0.2, 0.25) is 0 Å². The average Bonchev–Trinajstić information content (AvgIpc) is 3.18. The molecule has 2 aromatic carbocycles. The van der Waals surface area contributed by atoms with Gasteiger partial charge in [-0.3, -0.25) is 10.1 Å². The molecule has 32 heavy (non-hydrogen) atoms. The molecule has 0 atom stereocenters. The highest BCUT2D eigenvalue weighted by molar-refractivity contribution is 7.16. The highest BCUT2D eigenvalue weighted by Crippen LogP contribution is 2.32. The lowest BCUT2D eigenvalue weighted by Gasteiger charge is -2.12. The fourth-order valence-electron chi connectivity index (χ4n) is 3.27. The molecule has 0 saturated heterocycles. The van der Waals surface area contributed by atoms with E-state index in [1.54, 1.807) is 32.4 Å². The normalized spacial score (nSPS) is 10.6. The number of benzene rings is 2. The summed E-state index contributed by atoms with van der Waals surface area (Å²) in [7, 11) is 3.21. The van der Waals surface area contributed by atoms with E-state index in [-0.39, 0.29) is 5.91 Å². The van der Waals surface area contributed by atoms with Crippen LogP contribution in [0.4, 0.5) is 5.13 Å². The molecule has 1 N–H and O–H groups in total. The van der Waals surface area contributed by atoms with E-state index in [4.69, 9.17) is 14.2 Å². The Bertz CT molecular complexity index is 1030. The number of carbonyl (C=O) groups is 1. The molecule has 0 aliphatic rings. The third-order valence-corrected chi connectivity index (χ3v) is 5.95. The summed E-state index contributed by atoms with van der Waals surface area (Å²) in [4.78, 5) is 18.4. The zero-order valence-corrected chi connectivity index (χ0v) is 19.9. The second-order valence-electron chi connectivity index (χ2n) is 7.38. The lowest BCUT2D eigenvalue weighted by atomic mass is 10.1. The lowest BCUT2D eigenvalue weighted by molar-refractivity contribution is 0.102. The lowest BCUT2D eigenvalue weighted by Crippen LogP contribution is -2.12. The maximum Gasteiger partial charge on any atom is 0.257 e.